The number of benzene rings is 3. The molecule has 1 fully saturated rings. The Morgan fingerprint density at radius 2 is 1.69 bits per heavy atom. The summed E-state index contributed by atoms with van der Waals surface area (Å²) in [6, 6.07) is 21.8. The van der Waals surface area contributed by atoms with Gasteiger partial charge in [-0.15, -0.1) is 0 Å². The molecule has 5 aromatic rings. The molecule has 2 amide bonds. The lowest BCUT2D eigenvalue weighted by Gasteiger charge is -2.32. The molecule has 198 valence electrons. The molecule has 0 bridgehead atoms. The molecule has 2 aromatic heterocycles. The molecule has 6 rings (SSSR count). The molecule has 39 heavy (non-hydrogen) atoms. The average Bonchev–Trinajstić information content (AvgIpc) is 3.30. The summed E-state index contributed by atoms with van der Waals surface area (Å²) in [7, 11) is 4.03. The molecule has 0 radical (unpaired) electrons. The Morgan fingerprint density at radius 1 is 0.897 bits per heavy atom. The van der Waals surface area contributed by atoms with Crippen LogP contribution in [0.2, 0.25) is 0 Å². The minimum Gasteiger partial charge on any atom is -0.384 e. The van der Waals surface area contributed by atoms with Crippen molar-refractivity contribution in [2.24, 2.45) is 7.05 Å². The lowest BCUT2D eigenvalue weighted by molar-refractivity contribution is 0.148. The topological polar surface area (TPSA) is 104 Å². The predicted molar refractivity (Wildman–Crippen MR) is 158 cm³/mol. The highest BCUT2D eigenvalue weighted by molar-refractivity contribution is 6.06. The van der Waals surface area contributed by atoms with Crippen molar-refractivity contribution in [3.8, 4) is 11.3 Å². The molecule has 1 aliphatic rings. The van der Waals surface area contributed by atoms with Crippen molar-refractivity contribution in [3.63, 3.8) is 0 Å². The number of amides is 2. The highest BCUT2D eigenvalue weighted by Crippen LogP contribution is 2.29. The first-order valence-electron chi connectivity index (χ1n) is 13.1. The fourth-order valence-electron chi connectivity index (χ4n) is 5.24. The Kier molecular flexibility index (Phi) is 6.60. The summed E-state index contributed by atoms with van der Waals surface area (Å²) in [4.78, 5) is 22.1. The number of fused-ring (bicyclic) bond motifs is 2. The first-order valence-corrected chi connectivity index (χ1v) is 13.1. The van der Waals surface area contributed by atoms with Crippen molar-refractivity contribution in [1.29, 1.82) is 0 Å². The highest BCUT2D eigenvalue weighted by Gasteiger charge is 2.17. The molecule has 0 aliphatic carbocycles. The van der Waals surface area contributed by atoms with Crippen LogP contribution >= 0.6 is 0 Å². The van der Waals surface area contributed by atoms with Gasteiger partial charge in [0.2, 0.25) is 0 Å². The number of anilines is 3. The first-order chi connectivity index (χ1) is 18.9. The number of nitrogens with two attached hydrogens (primary N) is 1. The Labute approximate surface area is 227 Å². The smallest absolute Gasteiger partial charge is 0.324 e. The van der Waals surface area contributed by atoms with E-state index in [4.69, 9.17) is 5.73 Å². The summed E-state index contributed by atoms with van der Waals surface area (Å²) in [5, 5.41) is 14.6. The van der Waals surface area contributed by atoms with Gasteiger partial charge in [-0.25, -0.2) is 9.78 Å². The summed E-state index contributed by atoms with van der Waals surface area (Å²) in [6.07, 6.45) is 1.76. The maximum atomic E-state index is 13.0. The van der Waals surface area contributed by atoms with Gasteiger partial charge in [-0.3, -0.25) is 14.9 Å². The Hall–Kier alpha value is -4.47. The largest absolute Gasteiger partial charge is 0.384 e. The number of nitrogen functional groups attached to an aromatic ring is 1. The van der Waals surface area contributed by atoms with Gasteiger partial charge < -0.3 is 16.0 Å². The van der Waals surface area contributed by atoms with Gasteiger partial charge in [0.1, 0.15) is 5.82 Å². The van der Waals surface area contributed by atoms with Crippen LogP contribution in [0, 0.1) is 0 Å². The molecule has 0 saturated carbocycles. The van der Waals surface area contributed by atoms with Crippen LogP contribution in [0.1, 0.15) is 5.56 Å². The number of pyridine rings is 1. The van der Waals surface area contributed by atoms with Crippen LogP contribution in [-0.2, 0) is 13.6 Å². The van der Waals surface area contributed by atoms with Crippen molar-refractivity contribution in [3.05, 3.63) is 78.5 Å². The lowest BCUT2D eigenvalue weighted by Crippen LogP contribution is -2.43. The Morgan fingerprint density at radius 3 is 2.51 bits per heavy atom. The number of hydrogen-bond acceptors (Lipinski definition) is 6. The zero-order valence-electron chi connectivity index (χ0n) is 22.2. The summed E-state index contributed by atoms with van der Waals surface area (Å²) in [5.41, 5.74) is 9.69. The standard InChI is InChI=1S/C30H32N8O/c1-36-11-13-38(14-12-36)19-22-9-10-26(25-6-4-3-5-24(22)25)33-30(39)34-29-17-27(37(2)35-29)21-8-7-20-16-28(31)32-18-23(20)15-21/h3-10,15-18H,11-14,19H2,1-2H3,(H2,31,32)(H2,33,34,35,39). The number of carbonyl (C=O) groups is 1. The van der Waals surface area contributed by atoms with E-state index < -0.39 is 0 Å². The maximum Gasteiger partial charge on any atom is 0.324 e. The normalized spacial score (nSPS) is 14.6. The third kappa shape index (κ3) is 5.27. The molecule has 1 aliphatic heterocycles. The van der Waals surface area contributed by atoms with Gasteiger partial charge in [-0.05, 0) is 41.6 Å². The van der Waals surface area contributed by atoms with Crippen LogP contribution in [0.5, 0.6) is 0 Å². The van der Waals surface area contributed by atoms with E-state index in [2.05, 4.69) is 55.8 Å². The van der Waals surface area contributed by atoms with Gasteiger partial charge in [0.05, 0.1) is 11.4 Å². The van der Waals surface area contributed by atoms with E-state index in [1.165, 1.54) is 5.56 Å². The molecule has 9 heteroatoms. The second-order valence-electron chi connectivity index (χ2n) is 10.2. The van der Waals surface area contributed by atoms with Crippen LogP contribution in [0.25, 0.3) is 32.8 Å². The Balaban J connectivity index is 1.18. The number of nitrogens with zero attached hydrogens (tertiary/aromatic N) is 5. The van der Waals surface area contributed by atoms with Crippen LogP contribution in [0.3, 0.4) is 0 Å². The van der Waals surface area contributed by atoms with E-state index in [-0.39, 0.29) is 6.03 Å². The van der Waals surface area contributed by atoms with Crippen LogP contribution in [-0.4, -0.2) is 63.8 Å². The predicted octanol–water partition coefficient (Wildman–Crippen LogP) is 4.76. The Bertz CT molecular complexity index is 1670. The van der Waals surface area contributed by atoms with Crippen molar-refractivity contribution in [2.75, 3.05) is 49.6 Å². The molecule has 4 N–H and O–H groups in total. The van der Waals surface area contributed by atoms with E-state index in [1.807, 2.05) is 55.6 Å². The zero-order chi connectivity index (χ0) is 26.9. The number of aryl methyl sites for hydroxylation is 1. The van der Waals surface area contributed by atoms with Crippen molar-refractivity contribution >= 4 is 44.9 Å². The lowest BCUT2D eigenvalue weighted by atomic mass is 10.0. The van der Waals surface area contributed by atoms with E-state index >= 15 is 0 Å². The number of nitrogens with one attached hydrogen (secondary N) is 2. The number of carbonyl (C=O) groups excluding carboxylic acids is 1. The summed E-state index contributed by atoms with van der Waals surface area (Å²) in [5.74, 6) is 0.960. The first kappa shape index (κ1) is 24.8. The van der Waals surface area contributed by atoms with Crippen LogP contribution < -0.4 is 16.4 Å². The van der Waals surface area contributed by atoms with E-state index in [0.29, 0.717) is 11.6 Å². The second kappa shape index (κ2) is 10.4. The summed E-state index contributed by atoms with van der Waals surface area (Å²) < 4.78 is 1.75. The minimum atomic E-state index is -0.338. The highest BCUT2D eigenvalue weighted by atomic mass is 16.2. The zero-order valence-corrected chi connectivity index (χ0v) is 22.2. The molecular formula is C30H32N8O. The van der Waals surface area contributed by atoms with E-state index in [1.54, 1.807) is 10.9 Å². The SMILES string of the molecule is CN1CCN(Cc2ccc(NC(=O)Nc3cc(-c4ccc5cc(N)ncc5c4)n(C)n3)c3ccccc23)CC1. The fraction of sp³-hybridized carbons (Fsp3) is 0.233. The van der Waals surface area contributed by atoms with E-state index in [9.17, 15) is 4.79 Å². The third-order valence-electron chi connectivity index (χ3n) is 7.41. The minimum absolute atomic E-state index is 0.338. The number of aromatic nitrogens is 3. The summed E-state index contributed by atoms with van der Waals surface area (Å²) in [6.45, 7) is 5.18. The maximum absolute atomic E-state index is 13.0. The van der Waals surface area contributed by atoms with Gasteiger partial charge in [-0.1, -0.05) is 42.5 Å². The number of hydrogen-bond donors (Lipinski definition) is 3. The van der Waals surface area contributed by atoms with Crippen LogP contribution in [0.15, 0.2) is 72.9 Å². The van der Waals surface area contributed by atoms with Gasteiger partial charge in [-0.2, -0.15) is 5.10 Å². The quantitative estimate of drug-likeness (QED) is 0.309. The monoisotopic (exact) mass is 520 g/mol. The van der Waals surface area contributed by atoms with Crippen molar-refractivity contribution in [1.82, 2.24) is 24.6 Å². The molecular weight excluding hydrogens is 488 g/mol. The number of likely N-dealkylation sites (N-methyl/N-ethyl adjacent to an activating group) is 1. The van der Waals surface area contributed by atoms with Gasteiger partial charge in [0.25, 0.3) is 0 Å². The molecule has 0 spiro atoms. The van der Waals surface area contributed by atoms with Gasteiger partial charge >= 0.3 is 6.03 Å². The van der Waals surface area contributed by atoms with Gasteiger partial charge in [0.15, 0.2) is 5.82 Å². The molecule has 9 nitrogen and oxygen atoms in total. The van der Waals surface area contributed by atoms with Crippen molar-refractivity contribution in [2.45, 2.75) is 6.54 Å². The second-order valence-corrected chi connectivity index (χ2v) is 10.2. The summed E-state index contributed by atoms with van der Waals surface area (Å²) >= 11 is 0. The fourth-order valence-corrected chi connectivity index (χ4v) is 5.24. The van der Waals surface area contributed by atoms with Gasteiger partial charge in [0, 0.05) is 68.4 Å². The molecule has 0 atom stereocenters. The number of urea groups is 1. The number of rotatable bonds is 5. The molecule has 3 aromatic carbocycles. The molecule has 0 unspecified atom stereocenters. The number of piperazine rings is 1. The molecule has 3 heterocycles. The molecule has 1 saturated heterocycles. The van der Waals surface area contributed by atoms with Crippen LogP contribution in [0.4, 0.5) is 22.1 Å². The van der Waals surface area contributed by atoms with E-state index in [0.717, 1.165) is 71.2 Å². The third-order valence-corrected chi connectivity index (χ3v) is 7.41. The average molecular weight is 521 g/mol. The van der Waals surface area contributed by atoms with Crippen molar-refractivity contribution < 1.29 is 4.79 Å².